The van der Waals surface area contributed by atoms with Crippen molar-refractivity contribution in [2.24, 2.45) is 0 Å². The van der Waals surface area contributed by atoms with Crippen LogP contribution in [0.2, 0.25) is 10.0 Å². The van der Waals surface area contributed by atoms with E-state index in [0.717, 1.165) is 0 Å². The van der Waals surface area contributed by atoms with Gasteiger partial charge >= 0.3 is 0 Å². The number of nitrogens with one attached hydrogen (secondary N) is 2. The van der Waals surface area contributed by atoms with Crippen molar-refractivity contribution in [1.82, 2.24) is 15.1 Å². The van der Waals surface area contributed by atoms with Gasteiger partial charge in [0.15, 0.2) is 5.82 Å². The lowest BCUT2D eigenvalue weighted by Gasteiger charge is -2.08. The smallest absolute Gasteiger partial charge is 0.277 e. The van der Waals surface area contributed by atoms with Gasteiger partial charge < -0.3 is 15.2 Å². The molecular formula is C15H11Cl2N5O2. The van der Waals surface area contributed by atoms with E-state index in [2.05, 4.69) is 25.8 Å². The average molecular weight is 364 g/mol. The molecule has 1 amide bonds. The third-order valence-electron chi connectivity index (χ3n) is 2.97. The van der Waals surface area contributed by atoms with Crippen molar-refractivity contribution in [3.05, 3.63) is 58.2 Å². The van der Waals surface area contributed by atoms with E-state index in [1.165, 1.54) is 12.4 Å². The standard InChI is InChI=1S/C15H11Cl2N5O2/c1-8-5-12(22-24-8)21-15(23)11-6-19-13(7-18-11)20-10-4-2-3-9(16)14(10)17/h2-7H,1H3,(H,19,20)(H,21,22,23). The molecular weight excluding hydrogens is 353 g/mol. The molecule has 0 saturated heterocycles. The van der Waals surface area contributed by atoms with Crippen LogP contribution in [0.15, 0.2) is 41.2 Å². The molecule has 0 radical (unpaired) electrons. The van der Waals surface area contributed by atoms with E-state index in [1.54, 1.807) is 31.2 Å². The highest BCUT2D eigenvalue weighted by atomic mass is 35.5. The van der Waals surface area contributed by atoms with E-state index < -0.39 is 5.91 Å². The average Bonchev–Trinajstić information content (AvgIpc) is 2.97. The molecule has 0 aliphatic carbocycles. The van der Waals surface area contributed by atoms with Crippen LogP contribution in [-0.4, -0.2) is 21.0 Å². The first-order valence-electron chi connectivity index (χ1n) is 6.80. The van der Waals surface area contributed by atoms with Gasteiger partial charge in [-0.3, -0.25) is 4.79 Å². The molecule has 122 valence electrons. The van der Waals surface area contributed by atoms with E-state index in [-0.39, 0.29) is 5.69 Å². The lowest BCUT2D eigenvalue weighted by molar-refractivity contribution is 0.102. The number of hydrogen-bond acceptors (Lipinski definition) is 6. The number of benzene rings is 1. The van der Waals surface area contributed by atoms with Gasteiger partial charge in [-0.1, -0.05) is 34.4 Å². The van der Waals surface area contributed by atoms with Crippen molar-refractivity contribution < 1.29 is 9.32 Å². The number of nitrogens with zero attached hydrogens (tertiary/aromatic N) is 3. The Hall–Kier alpha value is -2.64. The van der Waals surface area contributed by atoms with E-state index in [4.69, 9.17) is 27.7 Å². The summed E-state index contributed by atoms with van der Waals surface area (Å²) in [4.78, 5) is 20.2. The molecule has 3 rings (SSSR count). The molecule has 0 saturated carbocycles. The minimum Gasteiger partial charge on any atom is -0.360 e. The summed E-state index contributed by atoms with van der Waals surface area (Å²) in [5.41, 5.74) is 0.729. The summed E-state index contributed by atoms with van der Waals surface area (Å²) < 4.78 is 4.87. The predicted octanol–water partition coefficient (Wildman–Crippen LogP) is 4.08. The van der Waals surface area contributed by atoms with Gasteiger partial charge in [0.25, 0.3) is 5.91 Å². The van der Waals surface area contributed by atoms with Gasteiger partial charge in [0.1, 0.15) is 17.3 Å². The molecule has 1 aromatic carbocycles. The first kappa shape index (κ1) is 16.2. The lowest BCUT2D eigenvalue weighted by Crippen LogP contribution is -2.14. The molecule has 2 aromatic heterocycles. The first-order chi connectivity index (χ1) is 11.5. The number of carbonyl (C=O) groups excluding carboxylic acids is 1. The van der Waals surface area contributed by atoms with Crippen molar-refractivity contribution in [3.63, 3.8) is 0 Å². The molecule has 2 heterocycles. The quantitative estimate of drug-likeness (QED) is 0.725. The molecule has 0 fully saturated rings. The zero-order chi connectivity index (χ0) is 17.1. The van der Waals surface area contributed by atoms with Gasteiger partial charge in [0.2, 0.25) is 0 Å². The van der Waals surface area contributed by atoms with Crippen LogP contribution in [0.4, 0.5) is 17.3 Å². The molecule has 3 aromatic rings. The normalized spacial score (nSPS) is 10.5. The highest BCUT2D eigenvalue weighted by Gasteiger charge is 2.11. The predicted molar refractivity (Wildman–Crippen MR) is 91.0 cm³/mol. The third-order valence-corrected chi connectivity index (χ3v) is 3.79. The molecule has 0 spiro atoms. The van der Waals surface area contributed by atoms with E-state index in [9.17, 15) is 4.79 Å². The lowest BCUT2D eigenvalue weighted by atomic mass is 10.3. The van der Waals surface area contributed by atoms with E-state index in [0.29, 0.717) is 33.1 Å². The van der Waals surface area contributed by atoms with Crippen LogP contribution < -0.4 is 10.6 Å². The maximum absolute atomic E-state index is 12.0. The minimum absolute atomic E-state index is 0.137. The molecule has 0 aliphatic rings. The first-order valence-corrected chi connectivity index (χ1v) is 7.56. The Morgan fingerprint density at radius 1 is 1.17 bits per heavy atom. The Morgan fingerprint density at radius 2 is 2.00 bits per heavy atom. The number of halogens is 2. The van der Waals surface area contributed by atoms with Gasteiger partial charge in [0, 0.05) is 6.07 Å². The van der Waals surface area contributed by atoms with Gasteiger partial charge in [-0.25, -0.2) is 9.97 Å². The zero-order valence-corrected chi connectivity index (χ0v) is 13.9. The summed E-state index contributed by atoms with van der Waals surface area (Å²) >= 11 is 12.0. The fourth-order valence-electron chi connectivity index (χ4n) is 1.85. The van der Waals surface area contributed by atoms with Crippen LogP contribution in [0.1, 0.15) is 16.2 Å². The third kappa shape index (κ3) is 3.64. The second kappa shape index (κ2) is 6.86. The topological polar surface area (TPSA) is 92.9 Å². The molecule has 7 nitrogen and oxygen atoms in total. The van der Waals surface area contributed by atoms with E-state index in [1.807, 2.05) is 0 Å². The van der Waals surface area contributed by atoms with Crippen molar-refractivity contribution in [1.29, 1.82) is 0 Å². The Bertz CT molecular complexity index is 880. The van der Waals surface area contributed by atoms with Gasteiger partial charge in [-0.2, -0.15) is 0 Å². The summed E-state index contributed by atoms with van der Waals surface area (Å²) in [7, 11) is 0. The molecule has 2 N–H and O–H groups in total. The number of amides is 1. The van der Waals surface area contributed by atoms with Crippen molar-refractivity contribution >= 4 is 46.4 Å². The van der Waals surface area contributed by atoms with Crippen molar-refractivity contribution in [2.45, 2.75) is 6.92 Å². The zero-order valence-electron chi connectivity index (χ0n) is 12.4. The summed E-state index contributed by atoms with van der Waals surface area (Å²) in [6, 6.07) is 6.79. The van der Waals surface area contributed by atoms with Crippen LogP contribution in [-0.2, 0) is 0 Å². The maximum atomic E-state index is 12.0. The van der Waals surface area contributed by atoms with Crippen LogP contribution in [0, 0.1) is 6.92 Å². The number of carbonyl (C=O) groups is 1. The summed E-state index contributed by atoms with van der Waals surface area (Å²) in [6.45, 7) is 1.73. The van der Waals surface area contributed by atoms with E-state index >= 15 is 0 Å². The fraction of sp³-hybridized carbons (Fsp3) is 0.0667. The van der Waals surface area contributed by atoms with Gasteiger partial charge in [0.05, 0.1) is 28.1 Å². The molecule has 0 unspecified atom stereocenters. The Labute approximate surface area is 147 Å². The highest BCUT2D eigenvalue weighted by molar-refractivity contribution is 6.43. The van der Waals surface area contributed by atoms with Crippen LogP contribution >= 0.6 is 23.2 Å². The van der Waals surface area contributed by atoms with Crippen molar-refractivity contribution in [3.8, 4) is 0 Å². The number of anilines is 3. The highest BCUT2D eigenvalue weighted by Crippen LogP contribution is 2.31. The molecule has 0 atom stereocenters. The molecule has 9 heteroatoms. The van der Waals surface area contributed by atoms with Gasteiger partial charge in [-0.05, 0) is 19.1 Å². The van der Waals surface area contributed by atoms with Crippen molar-refractivity contribution in [2.75, 3.05) is 10.6 Å². The van der Waals surface area contributed by atoms with Crippen LogP contribution in [0.3, 0.4) is 0 Å². The molecule has 0 aliphatic heterocycles. The molecule has 24 heavy (non-hydrogen) atoms. The number of hydrogen-bond donors (Lipinski definition) is 2. The Balaban J connectivity index is 1.71. The summed E-state index contributed by atoms with van der Waals surface area (Å²) in [6.07, 6.45) is 2.75. The molecule has 0 bridgehead atoms. The Kier molecular flexibility index (Phi) is 4.64. The van der Waals surface area contributed by atoms with Crippen LogP contribution in [0.5, 0.6) is 0 Å². The summed E-state index contributed by atoms with van der Waals surface area (Å²) in [5, 5.41) is 10.0. The second-order valence-electron chi connectivity index (χ2n) is 4.79. The summed E-state index contributed by atoms with van der Waals surface area (Å²) in [5.74, 6) is 0.887. The number of rotatable bonds is 4. The number of aryl methyl sites for hydroxylation is 1. The maximum Gasteiger partial charge on any atom is 0.277 e. The number of aromatic nitrogens is 3. The fourth-order valence-corrected chi connectivity index (χ4v) is 2.20. The SMILES string of the molecule is Cc1cc(NC(=O)c2cnc(Nc3cccc(Cl)c3Cl)cn2)no1. The Morgan fingerprint density at radius 3 is 2.67 bits per heavy atom. The van der Waals surface area contributed by atoms with Gasteiger partial charge in [-0.15, -0.1) is 0 Å². The monoisotopic (exact) mass is 363 g/mol. The minimum atomic E-state index is -0.442. The second-order valence-corrected chi connectivity index (χ2v) is 5.58. The van der Waals surface area contributed by atoms with Crippen LogP contribution in [0.25, 0.3) is 0 Å². The largest absolute Gasteiger partial charge is 0.360 e.